The van der Waals surface area contributed by atoms with Crippen molar-refractivity contribution in [1.29, 1.82) is 0 Å². The third-order valence-corrected chi connectivity index (χ3v) is 11.7. The van der Waals surface area contributed by atoms with Crippen LogP contribution in [0.3, 0.4) is 0 Å². The topological polar surface area (TPSA) is 127 Å². The van der Waals surface area contributed by atoms with Crippen molar-refractivity contribution < 1.29 is 41.7 Å². The van der Waals surface area contributed by atoms with E-state index in [1.807, 2.05) is 0 Å². The van der Waals surface area contributed by atoms with Crippen LogP contribution in [0.2, 0.25) is 0 Å². The molecule has 8 nitrogen and oxygen atoms in total. The van der Waals surface area contributed by atoms with Gasteiger partial charge in [-0.05, 0) is 38.5 Å². The maximum Gasteiger partial charge on any atom is 0.291 e. The molecule has 0 atom stereocenters. The first-order valence-electron chi connectivity index (χ1n) is 13.5. The molecule has 35 heavy (non-hydrogen) atoms. The molecule has 0 amide bonds. The molecule has 0 aliphatic heterocycles. The summed E-state index contributed by atoms with van der Waals surface area (Å²) in [6, 6.07) is 0. The third kappa shape index (κ3) is 60.4. The minimum Gasteiger partial charge on any atom is -0.328 e. The molecule has 0 radical (unpaired) electrons. The van der Waals surface area contributed by atoms with Crippen molar-refractivity contribution in [2.75, 3.05) is 37.0 Å². The standard InChI is InChI=1S/2C12H27P.2HNO3.Pt/c2*1-4-7-10-13(11-8-5-2)12-9-6-3;2*2-1(3)4;/h2*4-12H2,1-3H3;2*(H,2,3,4);/p+2. The van der Waals surface area contributed by atoms with Crippen LogP contribution in [-0.2, 0) is 21.1 Å². The van der Waals surface area contributed by atoms with E-state index in [-0.39, 0.29) is 36.9 Å². The van der Waals surface area contributed by atoms with E-state index < -0.39 is 10.2 Å². The van der Waals surface area contributed by atoms with Crippen molar-refractivity contribution >= 4 is 15.8 Å². The minimum atomic E-state index is -1.50. The summed E-state index contributed by atoms with van der Waals surface area (Å²) in [5.74, 6) is 0. The Morgan fingerprint density at radius 1 is 0.486 bits per heavy atom. The summed E-state index contributed by atoms with van der Waals surface area (Å²) in [7, 11) is 0.135. The van der Waals surface area contributed by atoms with E-state index in [1.165, 1.54) is 77.0 Å². The van der Waals surface area contributed by atoms with Gasteiger partial charge in [0.2, 0.25) is 0 Å². The summed E-state index contributed by atoms with van der Waals surface area (Å²) in [5, 5.41) is 27.3. The zero-order valence-corrected chi connectivity index (χ0v) is 27.7. The molecule has 2 N–H and O–H groups in total. The molecule has 218 valence electrons. The fraction of sp³-hybridized carbons (Fsp3) is 1.00. The summed E-state index contributed by atoms with van der Waals surface area (Å²) >= 11 is 0. The fourth-order valence-electron chi connectivity index (χ4n) is 3.31. The van der Waals surface area contributed by atoms with Crippen molar-refractivity contribution in [3.05, 3.63) is 20.2 Å². The smallest absolute Gasteiger partial charge is 0.291 e. The number of nitrogens with zero attached hydrogens (tertiary/aromatic N) is 2. The second kappa shape index (κ2) is 41.1. The van der Waals surface area contributed by atoms with Gasteiger partial charge in [0.1, 0.15) is 0 Å². The van der Waals surface area contributed by atoms with E-state index in [0.717, 1.165) is 0 Å². The van der Waals surface area contributed by atoms with Gasteiger partial charge < -0.3 is 10.4 Å². The quantitative estimate of drug-likeness (QED) is 0.0829. The molecule has 0 saturated heterocycles. The van der Waals surface area contributed by atoms with Crippen LogP contribution in [0.25, 0.3) is 0 Å². The molecule has 0 aromatic heterocycles. The Hall–Kier alpha value is -0.0517. The van der Waals surface area contributed by atoms with E-state index in [2.05, 4.69) is 41.5 Å². The van der Waals surface area contributed by atoms with Crippen molar-refractivity contribution in [2.45, 2.75) is 119 Å². The maximum atomic E-state index is 8.36. The van der Waals surface area contributed by atoms with Gasteiger partial charge in [-0.2, -0.15) is 0 Å². The average Bonchev–Trinajstić information content (AvgIpc) is 2.78. The molecule has 0 rings (SSSR count). The van der Waals surface area contributed by atoms with Crippen LogP contribution in [0.1, 0.15) is 119 Å². The predicted molar refractivity (Wildman–Crippen MR) is 153 cm³/mol. The Morgan fingerprint density at radius 2 is 0.600 bits per heavy atom. The summed E-state index contributed by atoms with van der Waals surface area (Å²) in [6.07, 6.45) is 26.8. The first-order valence-corrected chi connectivity index (χ1v) is 17.7. The molecular weight excluding hydrogens is 669 g/mol. The van der Waals surface area contributed by atoms with Crippen LogP contribution in [0, 0.1) is 20.2 Å². The first-order chi connectivity index (χ1) is 16.2. The summed E-state index contributed by atoms with van der Waals surface area (Å²) in [6.45, 7) is 13.9. The Bertz CT molecular complexity index is 332. The molecule has 0 saturated carbocycles. The van der Waals surface area contributed by atoms with E-state index >= 15 is 0 Å². The molecule has 0 fully saturated rings. The molecule has 0 aromatic rings. The third-order valence-electron chi connectivity index (χ3n) is 5.30. The van der Waals surface area contributed by atoms with Gasteiger partial charge in [0.05, 0.1) is 37.0 Å². The Kier molecular flexibility index (Phi) is 52.7. The largest absolute Gasteiger partial charge is 0.328 e. The van der Waals surface area contributed by atoms with Crippen LogP contribution in [0.4, 0.5) is 0 Å². The second-order valence-corrected chi connectivity index (χ2v) is 14.6. The molecular formula is C24H58N2O6P2Pt+2. The fourth-order valence-corrected chi connectivity index (χ4v) is 9.93. The van der Waals surface area contributed by atoms with Gasteiger partial charge in [-0.1, -0.05) is 80.1 Å². The summed E-state index contributed by atoms with van der Waals surface area (Å²) in [5.41, 5.74) is 0. The molecule has 0 aliphatic carbocycles. The zero-order chi connectivity index (χ0) is 27.0. The molecule has 0 heterocycles. The van der Waals surface area contributed by atoms with E-state index in [9.17, 15) is 0 Å². The van der Waals surface area contributed by atoms with Crippen LogP contribution >= 0.6 is 15.8 Å². The molecule has 11 heteroatoms. The summed E-state index contributed by atoms with van der Waals surface area (Å²) in [4.78, 5) is 16.7. The Labute approximate surface area is 232 Å². The van der Waals surface area contributed by atoms with Crippen molar-refractivity contribution in [3.8, 4) is 0 Å². The molecule has 0 aliphatic rings. The van der Waals surface area contributed by atoms with Crippen molar-refractivity contribution in [1.82, 2.24) is 0 Å². The van der Waals surface area contributed by atoms with Gasteiger partial charge in [-0.25, -0.2) is 0 Å². The second-order valence-electron chi connectivity index (χ2n) is 8.60. The van der Waals surface area contributed by atoms with E-state index in [0.29, 0.717) is 0 Å². The van der Waals surface area contributed by atoms with Crippen LogP contribution in [0.15, 0.2) is 0 Å². The normalized spacial score (nSPS) is 9.60. The van der Waals surface area contributed by atoms with Crippen molar-refractivity contribution in [3.63, 3.8) is 0 Å². The number of unbranched alkanes of at least 4 members (excludes halogenated alkanes) is 6. The van der Waals surface area contributed by atoms with Gasteiger partial charge >= 0.3 is 0 Å². The van der Waals surface area contributed by atoms with Crippen LogP contribution in [0.5, 0.6) is 0 Å². The average molecular weight is 728 g/mol. The van der Waals surface area contributed by atoms with Crippen LogP contribution < -0.4 is 0 Å². The van der Waals surface area contributed by atoms with E-state index in [4.69, 9.17) is 30.6 Å². The number of rotatable bonds is 18. The molecule has 0 aromatic carbocycles. The number of hydrogen-bond acceptors (Lipinski definition) is 4. The van der Waals surface area contributed by atoms with Gasteiger partial charge in [0.25, 0.3) is 10.2 Å². The van der Waals surface area contributed by atoms with Gasteiger partial charge in [0, 0.05) is 36.9 Å². The number of hydrogen-bond donors (Lipinski definition) is 2. The van der Waals surface area contributed by atoms with Crippen LogP contribution in [-0.4, -0.2) is 57.6 Å². The van der Waals surface area contributed by atoms with E-state index in [1.54, 1.807) is 37.0 Å². The SMILES string of the molecule is CCCC[PH+](CCCC)CCCC.CCCC[PH+](CCCC)CCCC.O=[N+]([O-])O.O=[N+]([O-])O.[Pt]. The predicted octanol–water partition coefficient (Wildman–Crippen LogP) is 8.50. The minimum absolute atomic E-state index is 0. The molecule has 0 spiro atoms. The molecule has 0 unspecified atom stereocenters. The van der Waals surface area contributed by atoms with Gasteiger partial charge in [-0.3, -0.25) is 0 Å². The van der Waals surface area contributed by atoms with Gasteiger partial charge in [0.15, 0.2) is 0 Å². The zero-order valence-electron chi connectivity index (χ0n) is 23.5. The van der Waals surface area contributed by atoms with Crippen molar-refractivity contribution in [2.24, 2.45) is 0 Å². The first kappa shape index (κ1) is 44.9. The van der Waals surface area contributed by atoms with Gasteiger partial charge in [-0.15, -0.1) is 20.2 Å². The Morgan fingerprint density at radius 3 is 0.686 bits per heavy atom. The molecule has 0 bridgehead atoms. The summed E-state index contributed by atoms with van der Waals surface area (Å²) < 4.78 is 0. The maximum absolute atomic E-state index is 8.36. The Balaban J connectivity index is -0.000000128. The monoisotopic (exact) mass is 727 g/mol.